The van der Waals surface area contributed by atoms with E-state index in [-0.39, 0.29) is 0 Å². The predicted octanol–water partition coefficient (Wildman–Crippen LogP) is 4.24. The summed E-state index contributed by atoms with van der Waals surface area (Å²) < 4.78 is 0. The van der Waals surface area contributed by atoms with Crippen LogP contribution in [0.25, 0.3) is 5.57 Å². The topological polar surface area (TPSA) is 12.0 Å². The molecule has 1 heteroatoms. The quantitative estimate of drug-likeness (QED) is 0.881. The first-order valence-electron chi connectivity index (χ1n) is 7.93. The van der Waals surface area contributed by atoms with Crippen LogP contribution in [0.15, 0.2) is 60.7 Å². The molecule has 0 saturated carbocycles. The highest BCUT2D eigenvalue weighted by molar-refractivity contribution is 5.69. The van der Waals surface area contributed by atoms with Gasteiger partial charge < -0.3 is 5.32 Å². The van der Waals surface area contributed by atoms with E-state index in [1.54, 1.807) is 0 Å². The lowest BCUT2D eigenvalue weighted by Gasteiger charge is -2.24. The van der Waals surface area contributed by atoms with E-state index in [1.807, 2.05) is 0 Å². The molecule has 1 aliphatic heterocycles. The van der Waals surface area contributed by atoms with Crippen molar-refractivity contribution in [2.45, 2.75) is 32.2 Å². The smallest absolute Gasteiger partial charge is 0.0296 e. The van der Waals surface area contributed by atoms with Crippen LogP contribution in [0.4, 0.5) is 0 Å². The average Bonchev–Trinajstić information content (AvgIpc) is 2.56. The van der Waals surface area contributed by atoms with E-state index in [0.29, 0.717) is 6.04 Å². The molecule has 1 atom stereocenters. The highest BCUT2D eigenvalue weighted by Gasteiger charge is 2.15. The summed E-state index contributed by atoms with van der Waals surface area (Å²) in [4.78, 5) is 0. The van der Waals surface area contributed by atoms with Gasteiger partial charge in [0, 0.05) is 6.04 Å². The summed E-state index contributed by atoms with van der Waals surface area (Å²) in [5.74, 6) is 0. The van der Waals surface area contributed by atoms with Crippen molar-refractivity contribution in [2.75, 3.05) is 6.54 Å². The van der Waals surface area contributed by atoms with Crippen molar-refractivity contribution in [3.8, 4) is 0 Å². The van der Waals surface area contributed by atoms with Crippen LogP contribution in [0.2, 0.25) is 0 Å². The lowest BCUT2D eigenvalue weighted by atomic mass is 9.91. The Morgan fingerprint density at radius 3 is 2.57 bits per heavy atom. The van der Waals surface area contributed by atoms with E-state index in [9.17, 15) is 0 Å². The summed E-state index contributed by atoms with van der Waals surface area (Å²) in [6, 6.07) is 20.0. The van der Waals surface area contributed by atoms with Gasteiger partial charge >= 0.3 is 0 Å². The molecule has 21 heavy (non-hydrogen) atoms. The Bertz CT molecular complexity index is 613. The van der Waals surface area contributed by atoms with E-state index in [1.165, 1.54) is 22.3 Å². The SMILES string of the molecule is CCc1ccccc1C1=CC(Cc2ccccc2)NCC1. The molecule has 2 aromatic rings. The maximum Gasteiger partial charge on any atom is 0.0296 e. The number of rotatable bonds is 4. The molecule has 0 bridgehead atoms. The van der Waals surface area contributed by atoms with Gasteiger partial charge in [0.05, 0.1) is 0 Å². The lowest BCUT2D eigenvalue weighted by molar-refractivity contribution is 0.579. The Morgan fingerprint density at radius 2 is 1.76 bits per heavy atom. The highest BCUT2D eigenvalue weighted by Crippen LogP contribution is 2.26. The fourth-order valence-corrected chi connectivity index (χ4v) is 3.14. The minimum atomic E-state index is 0.445. The summed E-state index contributed by atoms with van der Waals surface area (Å²) in [6.07, 6.45) is 5.73. The van der Waals surface area contributed by atoms with Gasteiger partial charge in [-0.1, -0.05) is 67.6 Å². The minimum absolute atomic E-state index is 0.445. The first-order chi connectivity index (χ1) is 10.4. The standard InChI is InChI=1S/C20H23N/c1-2-17-10-6-7-11-20(17)18-12-13-21-19(15-18)14-16-8-4-3-5-9-16/h3-11,15,19,21H,2,12-14H2,1H3. The Hall–Kier alpha value is -1.86. The first kappa shape index (κ1) is 14.1. The van der Waals surface area contributed by atoms with Gasteiger partial charge in [0.15, 0.2) is 0 Å². The van der Waals surface area contributed by atoms with E-state index >= 15 is 0 Å². The molecule has 0 aromatic heterocycles. The molecule has 108 valence electrons. The van der Waals surface area contributed by atoms with E-state index in [2.05, 4.69) is 72.9 Å². The van der Waals surface area contributed by atoms with Crippen LogP contribution in [0.1, 0.15) is 30.0 Å². The van der Waals surface area contributed by atoms with Gasteiger partial charge in [0.25, 0.3) is 0 Å². The second-order valence-electron chi connectivity index (χ2n) is 5.70. The molecule has 1 aliphatic rings. The summed E-state index contributed by atoms with van der Waals surface area (Å²) in [7, 11) is 0. The van der Waals surface area contributed by atoms with E-state index in [0.717, 1.165) is 25.8 Å². The molecule has 0 amide bonds. The number of hydrogen-bond acceptors (Lipinski definition) is 1. The third-order valence-electron chi connectivity index (χ3n) is 4.25. The Morgan fingerprint density at radius 1 is 1.00 bits per heavy atom. The number of benzene rings is 2. The predicted molar refractivity (Wildman–Crippen MR) is 90.4 cm³/mol. The van der Waals surface area contributed by atoms with Crippen LogP contribution in [-0.2, 0) is 12.8 Å². The maximum absolute atomic E-state index is 3.63. The van der Waals surface area contributed by atoms with Crippen LogP contribution < -0.4 is 5.32 Å². The molecule has 1 N–H and O–H groups in total. The number of aryl methyl sites for hydroxylation is 1. The molecule has 1 nitrogen and oxygen atoms in total. The van der Waals surface area contributed by atoms with Crippen molar-refractivity contribution in [2.24, 2.45) is 0 Å². The Labute approximate surface area is 127 Å². The fourth-order valence-electron chi connectivity index (χ4n) is 3.14. The van der Waals surface area contributed by atoms with Gasteiger partial charge in [-0.2, -0.15) is 0 Å². The Kier molecular flexibility index (Phi) is 4.52. The summed E-state index contributed by atoms with van der Waals surface area (Å²) in [5, 5.41) is 3.63. The van der Waals surface area contributed by atoms with Gasteiger partial charge in [-0.25, -0.2) is 0 Å². The molecule has 0 spiro atoms. The average molecular weight is 277 g/mol. The van der Waals surface area contributed by atoms with Gasteiger partial charge in [0.1, 0.15) is 0 Å². The summed E-state index contributed by atoms with van der Waals surface area (Å²) in [5.41, 5.74) is 5.81. The van der Waals surface area contributed by atoms with Gasteiger partial charge in [-0.15, -0.1) is 0 Å². The summed E-state index contributed by atoms with van der Waals surface area (Å²) >= 11 is 0. The molecule has 2 aromatic carbocycles. The molecular weight excluding hydrogens is 254 g/mol. The van der Waals surface area contributed by atoms with Crippen molar-refractivity contribution >= 4 is 5.57 Å². The molecule has 0 fully saturated rings. The van der Waals surface area contributed by atoms with Gasteiger partial charge in [0.2, 0.25) is 0 Å². The Balaban J connectivity index is 1.82. The minimum Gasteiger partial charge on any atom is -0.310 e. The van der Waals surface area contributed by atoms with Crippen LogP contribution in [0, 0.1) is 0 Å². The molecular formula is C20H23N. The van der Waals surface area contributed by atoms with E-state index < -0.39 is 0 Å². The zero-order chi connectivity index (χ0) is 14.5. The molecule has 1 unspecified atom stereocenters. The van der Waals surface area contributed by atoms with Crippen molar-refractivity contribution in [3.63, 3.8) is 0 Å². The molecule has 1 heterocycles. The third kappa shape index (κ3) is 3.43. The zero-order valence-electron chi connectivity index (χ0n) is 12.7. The van der Waals surface area contributed by atoms with Gasteiger partial charge in [-0.3, -0.25) is 0 Å². The van der Waals surface area contributed by atoms with Crippen LogP contribution in [0.5, 0.6) is 0 Å². The van der Waals surface area contributed by atoms with Crippen molar-refractivity contribution in [1.29, 1.82) is 0 Å². The first-order valence-corrected chi connectivity index (χ1v) is 7.93. The zero-order valence-corrected chi connectivity index (χ0v) is 12.7. The van der Waals surface area contributed by atoms with Crippen molar-refractivity contribution < 1.29 is 0 Å². The molecule has 0 aliphatic carbocycles. The lowest BCUT2D eigenvalue weighted by Crippen LogP contribution is -2.33. The summed E-state index contributed by atoms with van der Waals surface area (Å²) in [6.45, 7) is 3.31. The second-order valence-corrected chi connectivity index (χ2v) is 5.70. The monoisotopic (exact) mass is 277 g/mol. The van der Waals surface area contributed by atoms with Crippen molar-refractivity contribution in [3.05, 3.63) is 77.4 Å². The number of nitrogens with one attached hydrogen (secondary N) is 1. The largest absolute Gasteiger partial charge is 0.310 e. The van der Waals surface area contributed by atoms with Crippen molar-refractivity contribution in [1.82, 2.24) is 5.32 Å². The van der Waals surface area contributed by atoms with Crippen LogP contribution in [-0.4, -0.2) is 12.6 Å². The fraction of sp³-hybridized carbons (Fsp3) is 0.300. The van der Waals surface area contributed by atoms with Crippen LogP contribution in [0.3, 0.4) is 0 Å². The van der Waals surface area contributed by atoms with E-state index in [4.69, 9.17) is 0 Å². The molecule has 3 rings (SSSR count). The third-order valence-corrected chi connectivity index (χ3v) is 4.25. The second kappa shape index (κ2) is 6.73. The number of hydrogen-bond donors (Lipinski definition) is 1. The maximum atomic E-state index is 3.63. The normalized spacial score (nSPS) is 18.3. The molecule has 0 radical (unpaired) electrons. The van der Waals surface area contributed by atoms with Crippen LogP contribution >= 0.6 is 0 Å². The molecule has 0 saturated heterocycles. The highest BCUT2D eigenvalue weighted by atomic mass is 14.9. The van der Waals surface area contributed by atoms with Gasteiger partial charge in [-0.05, 0) is 48.1 Å².